The van der Waals surface area contributed by atoms with Crippen LogP contribution in [0.3, 0.4) is 0 Å². The molecule has 2 aromatic carbocycles. The summed E-state index contributed by atoms with van der Waals surface area (Å²) in [6, 6.07) is 11.8. The van der Waals surface area contributed by atoms with Gasteiger partial charge in [-0.1, -0.05) is 28.1 Å². The van der Waals surface area contributed by atoms with Crippen molar-refractivity contribution in [1.29, 1.82) is 0 Å². The third-order valence-electron chi connectivity index (χ3n) is 5.13. The molecule has 152 valence electrons. The van der Waals surface area contributed by atoms with E-state index in [1.165, 1.54) is 4.90 Å². The highest BCUT2D eigenvalue weighted by atomic mass is 79.9. The molecule has 2 aromatic rings. The van der Waals surface area contributed by atoms with Crippen molar-refractivity contribution in [2.45, 2.75) is 19.4 Å². The molecule has 0 saturated carbocycles. The van der Waals surface area contributed by atoms with Gasteiger partial charge < -0.3 is 15.0 Å². The number of carbonyl (C=O) groups is 3. The number of aryl methyl sites for hydroxylation is 1. The third kappa shape index (κ3) is 3.85. The quantitative estimate of drug-likeness (QED) is 0.696. The number of likely N-dealkylation sites (N-methyl/N-ethyl adjacent to an activating group) is 1. The summed E-state index contributed by atoms with van der Waals surface area (Å²) in [6.07, 6.45) is 0. The molecule has 3 rings (SSSR count). The molecule has 1 heterocycles. The zero-order valence-corrected chi connectivity index (χ0v) is 18.2. The van der Waals surface area contributed by atoms with Crippen LogP contribution in [0.1, 0.15) is 18.1 Å². The predicted molar refractivity (Wildman–Crippen MR) is 113 cm³/mol. The molecular weight excluding hydrogens is 438 g/mol. The average Bonchev–Trinajstić information content (AvgIpc) is 2.91. The summed E-state index contributed by atoms with van der Waals surface area (Å²) in [5.41, 5.74) is 0.984. The first kappa shape index (κ1) is 20.9. The standard InChI is InChI=1S/C21H22BrN3O4/c1-13-11-15(22)7-10-17(13)24(3)18(26)12-25-19(27)21(2,23-20(25)28)14-5-8-16(29-4)9-6-14/h5-11H,12H2,1-4H3,(H,23,28). The fraction of sp³-hybridized carbons (Fsp3) is 0.286. The van der Waals surface area contributed by atoms with E-state index >= 15 is 0 Å². The molecule has 0 radical (unpaired) electrons. The van der Waals surface area contributed by atoms with Gasteiger partial charge >= 0.3 is 6.03 Å². The number of hydrogen-bond donors (Lipinski definition) is 1. The first-order valence-electron chi connectivity index (χ1n) is 8.98. The summed E-state index contributed by atoms with van der Waals surface area (Å²) >= 11 is 3.40. The summed E-state index contributed by atoms with van der Waals surface area (Å²) in [5, 5.41) is 2.71. The van der Waals surface area contributed by atoms with Gasteiger partial charge in [-0.3, -0.25) is 14.5 Å². The van der Waals surface area contributed by atoms with Crippen molar-refractivity contribution in [3.8, 4) is 5.75 Å². The van der Waals surface area contributed by atoms with E-state index in [1.807, 2.05) is 25.1 Å². The number of carbonyl (C=O) groups excluding carboxylic acids is 3. The molecule has 1 N–H and O–H groups in total. The summed E-state index contributed by atoms with van der Waals surface area (Å²) in [6.45, 7) is 3.17. The van der Waals surface area contributed by atoms with Gasteiger partial charge in [0.2, 0.25) is 5.91 Å². The highest BCUT2D eigenvalue weighted by molar-refractivity contribution is 9.10. The van der Waals surface area contributed by atoms with Crippen LogP contribution >= 0.6 is 15.9 Å². The summed E-state index contributed by atoms with van der Waals surface area (Å²) in [7, 11) is 3.18. The maximum absolute atomic E-state index is 13.0. The molecule has 1 fully saturated rings. The van der Waals surface area contributed by atoms with Crippen LogP contribution in [0.15, 0.2) is 46.9 Å². The van der Waals surface area contributed by atoms with Crippen LogP contribution in [0.5, 0.6) is 5.75 Å². The molecule has 7 nitrogen and oxygen atoms in total. The second-order valence-corrected chi connectivity index (χ2v) is 7.97. The molecule has 1 aliphatic rings. The zero-order chi connectivity index (χ0) is 21.3. The van der Waals surface area contributed by atoms with Crippen molar-refractivity contribution in [2.75, 3.05) is 25.6 Å². The number of nitrogens with one attached hydrogen (secondary N) is 1. The lowest BCUT2D eigenvalue weighted by atomic mass is 9.92. The molecule has 0 spiro atoms. The fourth-order valence-electron chi connectivity index (χ4n) is 3.33. The van der Waals surface area contributed by atoms with Crippen LogP contribution in [-0.2, 0) is 15.1 Å². The summed E-state index contributed by atoms with van der Waals surface area (Å²) in [4.78, 5) is 40.7. The van der Waals surface area contributed by atoms with E-state index in [0.717, 1.165) is 14.9 Å². The Morgan fingerprint density at radius 3 is 2.45 bits per heavy atom. The largest absolute Gasteiger partial charge is 0.497 e. The molecule has 1 aliphatic heterocycles. The molecule has 0 aromatic heterocycles. The van der Waals surface area contributed by atoms with Crippen LogP contribution in [-0.4, -0.2) is 43.4 Å². The van der Waals surface area contributed by atoms with Crippen LogP contribution < -0.4 is 15.0 Å². The predicted octanol–water partition coefficient (Wildman–Crippen LogP) is 3.20. The van der Waals surface area contributed by atoms with Crippen molar-refractivity contribution in [2.24, 2.45) is 0 Å². The van der Waals surface area contributed by atoms with Crippen LogP contribution in [0.2, 0.25) is 0 Å². The van der Waals surface area contributed by atoms with Gasteiger partial charge in [0.15, 0.2) is 0 Å². The van der Waals surface area contributed by atoms with Gasteiger partial charge in [0.1, 0.15) is 17.8 Å². The third-order valence-corrected chi connectivity index (χ3v) is 5.62. The van der Waals surface area contributed by atoms with Gasteiger partial charge in [0, 0.05) is 17.2 Å². The Bertz CT molecular complexity index is 976. The lowest BCUT2D eigenvalue weighted by Gasteiger charge is -2.24. The first-order valence-corrected chi connectivity index (χ1v) is 9.78. The number of ether oxygens (including phenoxy) is 1. The van der Waals surface area contributed by atoms with E-state index in [4.69, 9.17) is 4.74 Å². The summed E-state index contributed by atoms with van der Waals surface area (Å²) in [5.74, 6) is -0.188. The van der Waals surface area contributed by atoms with Gasteiger partial charge in [-0.15, -0.1) is 0 Å². The van der Waals surface area contributed by atoms with Crippen molar-refractivity contribution in [1.82, 2.24) is 10.2 Å². The van der Waals surface area contributed by atoms with Crippen molar-refractivity contribution in [3.05, 3.63) is 58.1 Å². The summed E-state index contributed by atoms with van der Waals surface area (Å²) < 4.78 is 6.04. The van der Waals surface area contributed by atoms with Crippen molar-refractivity contribution < 1.29 is 19.1 Å². The van der Waals surface area contributed by atoms with Crippen LogP contribution in [0.25, 0.3) is 0 Å². The number of nitrogens with zero attached hydrogens (tertiary/aromatic N) is 2. The Kier molecular flexibility index (Phi) is 5.66. The second kappa shape index (κ2) is 7.87. The van der Waals surface area contributed by atoms with E-state index in [9.17, 15) is 14.4 Å². The molecule has 1 unspecified atom stereocenters. The number of anilines is 1. The topological polar surface area (TPSA) is 79.0 Å². The lowest BCUT2D eigenvalue weighted by molar-refractivity contribution is -0.134. The SMILES string of the molecule is COc1ccc(C2(C)NC(=O)N(CC(=O)N(C)c3ccc(Br)cc3C)C2=O)cc1. The number of urea groups is 1. The van der Waals surface area contributed by atoms with E-state index in [0.29, 0.717) is 17.0 Å². The minimum atomic E-state index is -1.24. The number of imide groups is 1. The normalized spacial score (nSPS) is 18.6. The zero-order valence-electron chi connectivity index (χ0n) is 16.7. The highest BCUT2D eigenvalue weighted by Gasteiger charge is 2.49. The van der Waals surface area contributed by atoms with E-state index in [1.54, 1.807) is 45.3 Å². The van der Waals surface area contributed by atoms with Crippen LogP contribution in [0, 0.1) is 6.92 Å². The molecule has 8 heteroatoms. The lowest BCUT2D eigenvalue weighted by Crippen LogP contribution is -2.43. The number of halogens is 1. The Labute approximate surface area is 177 Å². The van der Waals surface area contributed by atoms with E-state index in [-0.39, 0.29) is 12.5 Å². The van der Waals surface area contributed by atoms with Crippen molar-refractivity contribution >= 4 is 39.5 Å². The minimum absolute atomic E-state index is 0.345. The molecule has 1 atom stereocenters. The molecule has 0 bridgehead atoms. The Morgan fingerprint density at radius 1 is 1.21 bits per heavy atom. The Balaban J connectivity index is 1.79. The number of rotatable bonds is 5. The highest BCUT2D eigenvalue weighted by Crippen LogP contribution is 2.30. The number of benzene rings is 2. The number of methoxy groups -OCH3 is 1. The Hall–Kier alpha value is -2.87. The smallest absolute Gasteiger partial charge is 0.325 e. The first-order chi connectivity index (χ1) is 13.7. The molecule has 4 amide bonds. The van der Waals surface area contributed by atoms with E-state index in [2.05, 4.69) is 21.2 Å². The maximum atomic E-state index is 13.0. The maximum Gasteiger partial charge on any atom is 0.325 e. The van der Waals surface area contributed by atoms with Gasteiger partial charge in [-0.05, 0) is 55.3 Å². The van der Waals surface area contributed by atoms with E-state index < -0.39 is 17.5 Å². The molecular formula is C21H22BrN3O4. The Morgan fingerprint density at radius 2 is 1.86 bits per heavy atom. The molecule has 1 saturated heterocycles. The minimum Gasteiger partial charge on any atom is -0.497 e. The van der Waals surface area contributed by atoms with Gasteiger partial charge in [-0.25, -0.2) is 4.79 Å². The van der Waals surface area contributed by atoms with Gasteiger partial charge in [0.25, 0.3) is 5.91 Å². The average molecular weight is 460 g/mol. The second-order valence-electron chi connectivity index (χ2n) is 7.06. The van der Waals surface area contributed by atoms with Crippen LogP contribution in [0.4, 0.5) is 10.5 Å². The molecule has 0 aliphatic carbocycles. The monoisotopic (exact) mass is 459 g/mol. The molecule has 29 heavy (non-hydrogen) atoms. The fourth-order valence-corrected chi connectivity index (χ4v) is 3.81. The van der Waals surface area contributed by atoms with Crippen molar-refractivity contribution in [3.63, 3.8) is 0 Å². The van der Waals surface area contributed by atoms with Gasteiger partial charge in [0.05, 0.1) is 7.11 Å². The number of amides is 4. The van der Waals surface area contributed by atoms with Gasteiger partial charge in [-0.2, -0.15) is 0 Å². The number of hydrogen-bond acceptors (Lipinski definition) is 4.